The van der Waals surface area contributed by atoms with Crippen molar-refractivity contribution in [3.05, 3.63) is 36.4 Å². The number of aromatic nitrogens is 1. The molecule has 1 aliphatic carbocycles. The summed E-state index contributed by atoms with van der Waals surface area (Å²) in [4.78, 5) is 21.7. The zero-order valence-corrected chi connectivity index (χ0v) is 17.6. The van der Waals surface area contributed by atoms with E-state index in [0.29, 0.717) is 19.0 Å². The second kappa shape index (κ2) is 8.90. The molecule has 6 heteroatoms. The zero-order valence-electron chi connectivity index (χ0n) is 17.6. The van der Waals surface area contributed by atoms with E-state index >= 15 is 0 Å². The van der Waals surface area contributed by atoms with E-state index in [1.807, 2.05) is 29.2 Å². The number of benzene rings is 1. The van der Waals surface area contributed by atoms with Gasteiger partial charge in [-0.2, -0.15) is 0 Å². The summed E-state index contributed by atoms with van der Waals surface area (Å²) in [6.07, 6.45) is 5.27. The number of hydrogen-bond donors (Lipinski definition) is 1. The number of carbonyl (C=O) groups excluding carboxylic acids is 1. The highest BCUT2D eigenvalue weighted by Crippen LogP contribution is 2.31. The van der Waals surface area contributed by atoms with Gasteiger partial charge in [0.2, 0.25) is 5.91 Å². The Morgan fingerprint density at radius 1 is 1.00 bits per heavy atom. The van der Waals surface area contributed by atoms with Gasteiger partial charge in [0, 0.05) is 31.6 Å². The second-order valence-electron chi connectivity index (χ2n) is 9.19. The van der Waals surface area contributed by atoms with Gasteiger partial charge in [0.05, 0.1) is 11.6 Å². The monoisotopic (exact) mass is 408 g/mol. The zero-order chi connectivity index (χ0) is 20.3. The summed E-state index contributed by atoms with van der Waals surface area (Å²) in [6, 6.07) is 12.2. The first-order chi connectivity index (χ1) is 14.7. The number of likely N-dealkylation sites (tertiary alicyclic amines) is 1. The molecule has 3 fully saturated rings. The molecule has 2 saturated heterocycles. The van der Waals surface area contributed by atoms with Crippen LogP contribution in [0.15, 0.2) is 36.4 Å². The number of pyridine rings is 1. The maximum Gasteiger partial charge on any atom is 0.248 e. The lowest BCUT2D eigenvalue weighted by molar-refractivity contribution is -0.149. The van der Waals surface area contributed by atoms with Gasteiger partial charge in [0.1, 0.15) is 12.4 Å². The summed E-state index contributed by atoms with van der Waals surface area (Å²) in [5, 5.41) is 4.53. The predicted molar refractivity (Wildman–Crippen MR) is 118 cm³/mol. The molecule has 2 aromatic rings. The number of ether oxygens (including phenoxy) is 1. The van der Waals surface area contributed by atoms with Gasteiger partial charge in [-0.25, -0.2) is 4.98 Å². The number of rotatable bonds is 7. The van der Waals surface area contributed by atoms with Crippen LogP contribution >= 0.6 is 0 Å². The molecule has 1 aromatic carbocycles. The molecule has 3 heterocycles. The van der Waals surface area contributed by atoms with Crippen LogP contribution in [0.4, 0.5) is 5.82 Å². The van der Waals surface area contributed by atoms with Gasteiger partial charge in [-0.05, 0) is 68.8 Å². The van der Waals surface area contributed by atoms with Crippen molar-refractivity contribution in [2.75, 3.05) is 51.2 Å². The molecular formula is C24H32N4O2. The largest absolute Gasteiger partial charge is 0.367 e. The molecule has 0 radical (unpaired) electrons. The van der Waals surface area contributed by atoms with Crippen LogP contribution < -0.4 is 5.32 Å². The van der Waals surface area contributed by atoms with Gasteiger partial charge in [-0.1, -0.05) is 18.2 Å². The van der Waals surface area contributed by atoms with Crippen LogP contribution in [0.1, 0.15) is 25.7 Å². The highest BCUT2D eigenvalue weighted by molar-refractivity contribution is 5.80. The number of hydrogen-bond acceptors (Lipinski definition) is 5. The van der Waals surface area contributed by atoms with Crippen molar-refractivity contribution >= 4 is 22.6 Å². The maximum atomic E-state index is 12.4. The Labute approximate surface area is 178 Å². The molecule has 1 aromatic heterocycles. The molecule has 1 atom stereocenters. The summed E-state index contributed by atoms with van der Waals surface area (Å²) in [6.45, 7) is 6.08. The first-order valence-corrected chi connectivity index (χ1v) is 11.4. The Morgan fingerprint density at radius 3 is 2.63 bits per heavy atom. The van der Waals surface area contributed by atoms with Crippen molar-refractivity contribution in [2.24, 2.45) is 11.8 Å². The molecule has 6 nitrogen and oxygen atoms in total. The first-order valence-electron chi connectivity index (χ1n) is 11.4. The molecular weight excluding hydrogens is 376 g/mol. The van der Waals surface area contributed by atoms with E-state index in [9.17, 15) is 4.79 Å². The molecule has 3 aliphatic rings. The quantitative estimate of drug-likeness (QED) is 0.763. The van der Waals surface area contributed by atoms with Crippen molar-refractivity contribution in [3.8, 4) is 0 Å². The van der Waals surface area contributed by atoms with Gasteiger partial charge in [-0.15, -0.1) is 0 Å². The van der Waals surface area contributed by atoms with Crippen molar-refractivity contribution in [1.29, 1.82) is 0 Å². The number of nitrogens with one attached hydrogen (secondary N) is 1. The summed E-state index contributed by atoms with van der Waals surface area (Å²) < 4.78 is 5.80. The Morgan fingerprint density at radius 2 is 1.80 bits per heavy atom. The van der Waals surface area contributed by atoms with Gasteiger partial charge in [-0.3, -0.25) is 4.79 Å². The minimum Gasteiger partial charge on any atom is -0.367 e. The Bertz CT molecular complexity index is 876. The first kappa shape index (κ1) is 19.8. The van der Waals surface area contributed by atoms with Gasteiger partial charge >= 0.3 is 0 Å². The molecule has 160 valence electrons. The summed E-state index contributed by atoms with van der Waals surface area (Å²) in [5.41, 5.74) is 0.983. The molecule has 0 spiro atoms. The number of carbonyl (C=O) groups is 1. The molecule has 5 rings (SSSR count). The minimum absolute atomic E-state index is 0.00549. The standard InChI is InChI=1S/C24H32N4O2/c29-24-17-30-21(13-25-23-8-7-20-3-1-2-4-22(20)26-23)16-28(24)15-19-9-11-27(12-10-19)14-18-5-6-18/h1-4,7-8,18-19,21H,5-6,9-17H2,(H,25,26). The highest BCUT2D eigenvalue weighted by Gasteiger charge is 2.31. The summed E-state index contributed by atoms with van der Waals surface area (Å²) in [7, 11) is 0. The van der Waals surface area contributed by atoms with E-state index in [4.69, 9.17) is 4.74 Å². The number of fused-ring (bicyclic) bond motifs is 1. The number of piperidine rings is 1. The topological polar surface area (TPSA) is 57.7 Å². The van der Waals surface area contributed by atoms with Gasteiger partial charge < -0.3 is 19.9 Å². The van der Waals surface area contributed by atoms with Crippen molar-refractivity contribution in [1.82, 2.24) is 14.8 Å². The molecule has 1 unspecified atom stereocenters. The van der Waals surface area contributed by atoms with E-state index in [1.54, 1.807) is 0 Å². The van der Waals surface area contributed by atoms with Crippen LogP contribution in [-0.4, -0.2) is 72.7 Å². The van der Waals surface area contributed by atoms with Gasteiger partial charge in [0.25, 0.3) is 0 Å². The van der Waals surface area contributed by atoms with Gasteiger partial charge in [0.15, 0.2) is 0 Å². The summed E-state index contributed by atoms with van der Waals surface area (Å²) in [5.74, 6) is 2.57. The fourth-order valence-electron chi connectivity index (χ4n) is 4.69. The van der Waals surface area contributed by atoms with E-state index < -0.39 is 0 Å². The molecule has 1 N–H and O–H groups in total. The lowest BCUT2D eigenvalue weighted by Gasteiger charge is -2.38. The van der Waals surface area contributed by atoms with Crippen LogP contribution in [0.3, 0.4) is 0 Å². The third-order valence-corrected chi connectivity index (χ3v) is 6.73. The van der Waals surface area contributed by atoms with E-state index in [0.717, 1.165) is 29.2 Å². The fourth-order valence-corrected chi connectivity index (χ4v) is 4.69. The molecule has 30 heavy (non-hydrogen) atoms. The summed E-state index contributed by atoms with van der Waals surface area (Å²) >= 11 is 0. The van der Waals surface area contributed by atoms with Crippen molar-refractivity contribution in [3.63, 3.8) is 0 Å². The van der Waals surface area contributed by atoms with Crippen LogP contribution in [0.25, 0.3) is 10.9 Å². The van der Waals surface area contributed by atoms with Crippen LogP contribution in [0.2, 0.25) is 0 Å². The number of amides is 1. The highest BCUT2D eigenvalue weighted by atomic mass is 16.5. The van der Waals surface area contributed by atoms with Crippen LogP contribution in [-0.2, 0) is 9.53 Å². The Hall–Kier alpha value is -2.18. The third-order valence-electron chi connectivity index (χ3n) is 6.73. The van der Waals surface area contributed by atoms with Crippen LogP contribution in [0.5, 0.6) is 0 Å². The normalized spacial score (nSPS) is 23.8. The van der Waals surface area contributed by atoms with Crippen molar-refractivity contribution < 1.29 is 9.53 Å². The third kappa shape index (κ3) is 4.93. The lowest BCUT2D eigenvalue weighted by Crippen LogP contribution is -2.51. The molecule has 0 bridgehead atoms. The fraction of sp³-hybridized carbons (Fsp3) is 0.583. The predicted octanol–water partition coefficient (Wildman–Crippen LogP) is 3.00. The molecule has 2 aliphatic heterocycles. The maximum absolute atomic E-state index is 12.4. The number of para-hydroxylation sites is 1. The molecule has 1 saturated carbocycles. The number of morpholine rings is 1. The van der Waals surface area contributed by atoms with E-state index in [1.165, 1.54) is 45.3 Å². The number of anilines is 1. The van der Waals surface area contributed by atoms with E-state index in [2.05, 4.69) is 27.3 Å². The Kier molecular flexibility index (Phi) is 5.86. The average Bonchev–Trinajstić information content (AvgIpc) is 3.59. The smallest absolute Gasteiger partial charge is 0.248 e. The Balaban J connectivity index is 1.10. The average molecular weight is 409 g/mol. The van der Waals surface area contributed by atoms with Crippen LogP contribution in [0, 0.1) is 11.8 Å². The minimum atomic E-state index is 0.00549. The van der Waals surface area contributed by atoms with Crippen molar-refractivity contribution in [2.45, 2.75) is 31.8 Å². The SMILES string of the molecule is O=C1COC(CNc2ccc3ccccc3n2)CN1CC1CCN(CC2CC2)CC1. The van der Waals surface area contributed by atoms with E-state index in [-0.39, 0.29) is 18.6 Å². The molecule has 1 amide bonds. The lowest BCUT2D eigenvalue weighted by atomic mass is 9.95. The number of nitrogens with zero attached hydrogens (tertiary/aromatic N) is 3. The second-order valence-corrected chi connectivity index (χ2v) is 9.19.